The molecule has 0 aliphatic rings. The molecule has 1 heterocycles. The Morgan fingerprint density at radius 2 is 1.71 bits per heavy atom. The van der Waals surface area contributed by atoms with Crippen LogP contribution in [-0.2, 0) is 6.61 Å². The van der Waals surface area contributed by atoms with E-state index in [9.17, 15) is 4.79 Å². The summed E-state index contributed by atoms with van der Waals surface area (Å²) in [6, 6.07) is 18.7. The standard InChI is InChI=1S/C25H19Br3N2O4/c1-2-32-22-11-17(20(28)12-23(22)33-14-15-3-5-18(26)6-4-15)13-29-30-25(31)24-10-16-9-19(27)7-8-21(16)34-24/h3-13H,2,14H2,1H3,(H,30,31)/b29-13-. The van der Waals surface area contributed by atoms with E-state index in [2.05, 4.69) is 58.3 Å². The number of fused-ring (bicyclic) bond motifs is 1. The lowest BCUT2D eigenvalue weighted by Crippen LogP contribution is -2.16. The summed E-state index contributed by atoms with van der Waals surface area (Å²) in [6.45, 7) is 2.78. The van der Waals surface area contributed by atoms with Crippen LogP contribution >= 0.6 is 47.8 Å². The zero-order chi connectivity index (χ0) is 24.1. The zero-order valence-corrected chi connectivity index (χ0v) is 22.7. The van der Waals surface area contributed by atoms with Crippen molar-refractivity contribution in [1.82, 2.24) is 5.43 Å². The molecule has 0 aliphatic heterocycles. The summed E-state index contributed by atoms with van der Waals surface area (Å²) in [7, 11) is 0. The Hall–Kier alpha value is -2.62. The molecule has 0 unspecified atom stereocenters. The van der Waals surface area contributed by atoms with Crippen molar-refractivity contribution < 1.29 is 18.7 Å². The number of benzene rings is 3. The number of amides is 1. The predicted molar refractivity (Wildman–Crippen MR) is 143 cm³/mol. The predicted octanol–water partition coefficient (Wildman–Crippen LogP) is 7.46. The second-order valence-electron chi connectivity index (χ2n) is 7.16. The molecule has 0 bridgehead atoms. The van der Waals surface area contributed by atoms with Crippen molar-refractivity contribution in [3.05, 3.63) is 91.0 Å². The van der Waals surface area contributed by atoms with Gasteiger partial charge >= 0.3 is 5.91 Å². The molecule has 0 saturated carbocycles. The number of hydrogen-bond acceptors (Lipinski definition) is 5. The number of hydrogen-bond donors (Lipinski definition) is 1. The maximum absolute atomic E-state index is 12.4. The molecule has 0 atom stereocenters. The van der Waals surface area contributed by atoms with E-state index in [1.54, 1.807) is 18.2 Å². The van der Waals surface area contributed by atoms with Crippen LogP contribution in [0.15, 0.2) is 83.6 Å². The first kappa shape index (κ1) is 24.5. The molecule has 34 heavy (non-hydrogen) atoms. The minimum absolute atomic E-state index is 0.177. The summed E-state index contributed by atoms with van der Waals surface area (Å²) in [5, 5.41) is 4.90. The Morgan fingerprint density at radius 3 is 2.47 bits per heavy atom. The second kappa shape index (κ2) is 11.2. The minimum Gasteiger partial charge on any atom is -0.490 e. The quantitative estimate of drug-likeness (QED) is 0.159. The average molecular weight is 651 g/mol. The van der Waals surface area contributed by atoms with E-state index in [0.29, 0.717) is 35.9 Å². The summed E-state index contributed by atoms with van der Waals surface area (Å²) < 4.78 is 20.0. The summed E-state index contributed by atoms with van der Waals surface area (Å²) in [6.07, 6.45) is 1.53. The van der Waals surface area contributed by atoms with Crippen molar-refractivity contribution in [3.63, 3.8) is 0 Å². The Kier molecular flexibility index (Phi) is 8.07. The molecule has 4 rings (SSSR count). The van der Waals surface area contributed by atoms with Gasteiger partial charge < -0.3 is 13.9 Å². The van der Waals surface area contributed by atoms with E-state index in [-0.39, 0.29) is 5.76 Å². The maximum atomic E-state index is 12.4. The molecular weight excluding hydrogens is 632 g/mol. The smallest absolute Gasteiger partial charge is 0.307 e. The van der Waals surface area contributed by atoms with Crippen molar-refractivity contribution in [2.45, 2.75) is 13.5 Å². The summed E-state index contributed by atoms with van der Waals surface area (Å²) in [5.41, 5.74) is 4.87. The molecule has 0 saturated heterocycles. The number of ether oxygens (including phenoxy) is 2. The fraction of sp³-hybridized carbons (Fsp3) is 0.120. The molecule has 1 aromatic heterocycles. The number of nitrogens with one attached hydrogen (secondary N) is 1. The van der Waals surface area contributed by atoms with Crippen LogP contribution in [0.2, 0.25) is 0 Å². The number of hydrazone groups is 1. The Bertz CT molecular complexity index is 1350. The Morgan fingerprint density at radius 1 is 0.971 bits per heavy atom. The number of halogens is 3. The van der Waals surface area contributed by atoms with Gasteiger partial charge in [-0.2, -0.15) is 5.10 Å². The van der Waals surface area contributed by atoms with Crippen LogP contribution in [0.3, 0.4) is 0 Å². The summed E-state index contributed by atoms with van der Waals surface area (Å²) >= 11 is 10.4. The van der Waals surface area contributed by atoms with Crippen LogP contribution in [-0.4, -0.2) is 18.7 Å². The number of nitrogens with zero attached hydrogens (tertiary/aromatic N) is 1. The molecule has 0 aliphatic carbocycles. The van der Waals surface area contributed by atoms with Crippen molar-refractivity contribution in [1.29, 1.82) is 0 Å². The molecule has 6 nitrogen and oxygen atoms in total. The van der Waals surface area contributed by atoms with Gasteiger partial charge in [-0.15, -0.1) is 0 Å². The van der Waals surface area contributed by atoms with Crippen LogP contribution < -0.4 is 14.9 Å². The highest BCUT2D eigenvalue weighted by atomic mass is 79.9. The van der Waals surface area contributed by atoms with Crippen LogP contribution in [0.25, 0.3) is 11.0 Å². The monoisotopic (exact) mass is 648 g/mol. The van der Waals surface area contributed by atoms with Crippen molar-refractivity contribution in [2.75, 3.05) is 6.61 Å². The second-order valence-corrected chi connectivity index (χ2v) is 9.85. The molecule has 0 fully saturated rings. The molecule has 1 N–H and O–H groups in total. The lowest BCUT2D eigenvalue weighted by Gasteiger charge is -2.14. The fourth-order valence-electron chi connectivity index (χ4n) is 3.11. The van der Waals surface area contributed by atoms with Crippen molar-refractivity contribution in [3.8, 4) is 11.5 Å². The van der Waals surface area contributed by atoms with E-state index < -0.39 is 5.91 Å². The van der Waals surface area contributed by atoms with E-state index in [4.69, 9.17) is 13.9 Å². The molecule has 1 amide bonds. The summed E-state index contributed by atoms with van der Waals surface area (Å²) in [4.78, 5) is 12.4. The van der Waals surface area contributed by atoms with Gasteiger partial charge in [0.1, 0.15) is 12.2 Å². The molecule has 4 aromatic rings. The lowest BCUT2D eigenvalue weighted by atomic mass is 10.2. The molecule has 0 radical (unpaired) electrons. The first-order valence-corrected chi connectivity index (χ1v) is 12.7. The SMILES string of the molecule is CCOc1cc(/C=N\NC(=O)c2cc3cc(Br)ccc3o2)c(Br)cc1OCc1ccc(Br)cc1. The highest BCUT2D eigenvalue weighted by molar-refractivity contribution is 9.11. The van der Waals surface area contributed by atoms with Gasteiger partial charge in [0.15, 0.2) is 17.3 Å². The third-order valence-electron chi connectivity index (χ3n) is 4.74. The zero-order valence-electron chi connectivity index (χ0n) is 18.0. The third-order valence-corrected chi connectivity index (χ3v) is 6.45. The fourth-order valence-corrected chi connectivity index (χ4v) is 4.18. The molecule has 9 heteroatoms. The van der Waals surface area contributed by atoms with E-state index >= 15 is 0 Å². The highest BCUT2D eigenvalue weighted by Crippen LogP contribution is 2.34. The van der Waals surface area contributed by atoms with Gasteiger partial charge in [-0.1, -0.05) is 44.0 Å². The number of carbonyl (C=O) groups is 1. The van der Waals surface area contributed by atoms with Crippen LogP contribution in [0, 0.1) is 0 Å². The first-order valence-electron chi connectivity index (χ1n) is 10.3. The number of rotatable bonds is 8. The van der Waals surface area contributed by atoms with E-state index in [1.165, 1.54) is 6.21 Å². The van der Waals surface area contributed by atoms with E-state index in [0.717, 1.165) is 24.4 Å². The van der Waals surface area contributed by atoms with Crippen LogP contribution in [0.5, 0.6) is 11.5 Å². The van der Waals surface area contributed by atoms with Crippen molar-refractivity contribution in [2.24, 2.45) is 5.10 Å². The largest absolute Gasteiger partial charge is 0.490 e. The molecular formula is C25H19Br3N2O4. The van der Waals surface area contributed by atoms with E-state index in [1.807, 2.05) is 49.4 Å². The first-order chi connectivity index (χ1) is 16.4. The molecule has 174 valence electrons. The van der Waals surface area contributed by atoms with Crippen LogP contribution in [0.4, 0.5) is 0 Å². The Labute approximate surface area is 221 Å². The average Bonchev–Trinajstić information content (AvgIpc) is 3.24. The van der Waals surface area contributed by atoms with Gasteiger partial charge in [0.05, 0.1) is 12.8 Å². The Balaban J connectivity index is 1.46. The van der Waals surface area contributed by atoms with Gasteiger partial charge in [0.25, 0.3) is 0 Å². The lowest BCUT2D eigenvalue weighted by molar-refractivity contribution is 0.0929. The normalized spacial score (nSPS) is 11.2. The molecule has 0 spiro atoms. The van der Waals surface area contributed by atoms with Gasteiger partial charge in [0, 0.05) is 24.4 Å². The third kappa shape index (κ3) is 6.08. The molecule has 3 aromatic carbocycles. The topological polar surface area (TPSA) is 73.1 Å². The van der Waals surface area contributed by atoms with Gasteiger partial charge in [-0.05, 0) is 76.9 Å². The highest BCUT2D eigenvalue weighted by Gasteiger charge is 2.13. The van der Waals surface area contributed by atoms with Gasteiger partial charge in [-0.3, -0.25) is 4.79 Å². The van der Waals surface area contributed by atoms with Gasteiger partial charge in [0.2, 0.25) is 0 Å². The van der Waals surface area contributed by atoms with Gasteiger partial charge in [-0.25, -0.2) is 5.43 Å². The maximum Gasteiger partial charge on any atom is 0.307 e. The minimum atomic E-state index is -0.445. The number of furan rings is 1. The van der Waals surface area contributed by atoms with Crippen LogP contribution in [0.1, 0.15) is 28.6 Å². The van der Waals surface area contributed by atoms with Crippen molar-refractivity contribution >= 4 is 70.9 Å². The summed E-state index contributed by atoms with van der Waals surface area (Å²) in [5.74, 6) is 0.917. The number of carbonyl (C=O) groups excluding carboxylic acids is 1.